The predicted octanol–water partition coefficient (Wildman–Crippen LogP) is 0.576. The van der Waals surface area contributed by atoms with E-state index in [0.717, 1.165) is 12.8 Å². The molecular formula is C11H18BNO3. The molecule has 0 aliphatic carbocycles. The van der Waals surface area contributed by atoms with Gasteiger partial charge in [0.25, 0.3) is 0 Å². The fourth-order valence-electron chi connectivity index (χ4n) is 1.47. The lowest BCUT2D eigenvalue weighted by atomic mass is 9.82. The number of aromatic nitrogens is 1. The molecule has 1 rings (SSSR count). The molecule has 1 aromatic heterocycles. The normalized spacial score (nSPS) is 12.2. The zero-order chi connectivity index (χ0) is 12.0. The van der Waals surface area contributed by atoms with Crippen molar-refractivity contribution in [2.75, 3.05) is 6.61 Å². The van der Waals surface area contributed by atoms with Gasteiger partial charge in [-0.15, -0.1) is 0 Å². The van der Waals surface area contributed by atoms with Crippen molar-refractivity contribution in [3.8, 4) is 5.75 Å². The van der Waals surface area contributed by atoms with Crippen LogP contribution >= 0.6 is 0 Å². The van der Waals surface area contributed by atoms with Crippen LogP contribution in [0.15, 0.2) is 18.5 Å². The lowest BCUT2D eigenvalue weighted by Gasteiger charge is -2.12. The van der Waals surface area contributed by atoms with E-state index >= 15 is 0 Å². The van der Waals surface area contributed by atoms with Gasteiger partial charge in [0, 0.05) is 11.7 Å². The lowest BCUT2D eigenvalue weighted by Crippen LogP contribution is -2.30. The highest BCUT2D eigenvalue weighted by atomic mass is 16.5. The van der Waals surface area contributed by atoms with Crippen LogP contribution in [0.2, 0.25) is 0 Å². The van der Waals surface area contributed by atoms with Crippen molar-refractivity contribution < 1.29 is 14.8 Å². The van der Waals surface area contributed by atoms with Crippen molar-refractivity contribution in [3.63, 3.8) is 0 Å². The summed E-state index contributed by atoms with van der Waals surface area (Å²) in [4.78, 5) is 3.88. The smallest absolute Gasteiger partial charge is 0.490 e. The Balaban J connectivity index is 2.50. The van der Waals surface area contributed by atoms with Crippen LogP contribution in [-0.4, -0.2) is 28.8 Å². The SMILES string of the molecule is CCCC(C)COc1cncc(B(O)O)c1. The maximum atomic E-state index is 8.97. The molecule has 1 aromatic rings. The van der Waals surface area contributed by atoms with E-state index in [2.05, 4.69) is 18.8 Å². The van der Waals surface area contributed by atoms with E-state index in [-0.39, 0.29) is 0 Å². The third kappa shape index (κ3) is 4.20. The van der Waals surface area contributed by atoms with Crippen LogP contribution in [0.3, 0.4) is 0 Å². The Bertz CT molecular complexity index is 320. The van der Waals surface area contributed by atoms with Crippen LogP contribution < -0.4 is 10.2 Å². The van der Waals surface area contributed by atoms with E-state index in [0.29, 0.717) is 23.7 Å². The van der Waals surface area contributed by atoms with E-state index in [4.69, 9.17) is 14.8 Å². The van der Waals surface area contributed by atoms with Gasteiger partial charge in [0.1, 0.15) is 5.75 Å². The Labute approximate surface area is 96.4 Å². The van der Waals surface area contributed by atoms with Crippen molar-refractivity contribution in [1.82, 2.24) is 4.98 Å². The highest BCUT2D eigenvalue weighted by molar-refractivity contribution is 6.58. The molecule has 1 heterocycles. The van der Waals surface area contributed by atoms with Gasteiger partial charge in [0.05, 0.1) is 12.8 Å². The molecule has 0 spiro atoms. The van der Waals surface area contributed by atoms with E-state index in [1.54, 1.807) is 12.3 Å². The third-order valence-electron chi connectivity index (χ3n) is 2.35. The summed E-state index contributed by atoms with van der Waals surface area (Å²) in [7, 11) is -1.50. The molecule has 0 saturated carbocycles. The van der Waals surface area contributed by atoms with Crippen molar-refractivity contribution >= 4 is 12.6 Å². The van der Waals surface area contributed by atoms with Gasteiger partial charge >= 0.3 is 7.12 Å². The molecule has 0 aromatic carbocycles. The lowest BCUT2D eigenvalue weighted by molar-refractivity contribution is 0.251. The summed E-state index contributed by atoms with van der Waals surface area (Å²) in [6, 6.07) is 1.59. The van der Waals surface area contributed by atoms with Crippen molar-refractivity contribution in [1.29, 1.82) is 0 Å². The second kappa shape index (κ2) is 6.50. The molecule has 0 radical (unpaired) electrons. The van der Waals surface area contributed by atoms with Gasteiger partial charge in [-0.1, -0.05) is 20.3 Å². The number of rotatable bonds is 6. The summed E-state index contributed by atoms with van der Waals surface area (Å²) < 4.78 is 5.53. The number of ether oxygens (including phenoxy) is 1. The van der Waals surface area contributed by atoms with E-state index in [1.165, 1.54) is 6.20 Å². The first-order valence-electron chi connectivity index (χ1n) is 5.57. The maximum absolute atomic E-state index is 8.97. The predicted molar refractivity (Wildman–Crippen MR) is 63.6 cm³/mol. The van der Waals surface area contributed by atoms with Crippen LogP contribution in [0.4, 0.5) is 0 Å². The van der Waals surface area contributed by atoms with Crippen molar-refractivity contribution in [3.05, 3.63) is 18.5 Å². The van der Waals surface area contributed by atoms with E-state index in [9.17, 15) is 0 Å². The van der Waals surface area contributed by atoms with Crippen LogP contribution in [0.25, 0.3) is 0 Å². The molecule has 0 amide bonds. The fraction of sp³-hybridized carbons (Fsp3) is 0.545. The quantitative estimate of drug-likeness (QED) is 0.692. The van der Waals surface area contributed by atoms with Gasteiger partial charge in [-0.05, 0) is 18.4 Å². The number of hydrogen-bond donors (Lipinski definition) is 2. The topological polar surface area (TPSA) is 62.6 Å². The zero-order valence-corrected chi connectivity index (χ0v) is 9.76. The molecule has 16 heavy (non-hydrogen) atoms. The van der Waals surface area contributed by atoms with Crippen LogP contribution in [0, 0.1) is 5.92 Å². The summed E-state index contributed by atoms with van der Waals surface area (Å²) >= 11 is 0. The third-order valence-corrected chi connectivity index (χ3v) is 2.35. The molecular weight excluding hydrogens is 205 g/mol. The molecule has 0 saturated heterocycles. The van der Waals surface area contributed by atoms with Gasteiger partial charge in [-0.25, -0.2) is 0 Å². The fourth-order valence-corrected chi connectivity index (χ4v) is 1.47. The summed E-state index contributed by atoms with van der Waals surface area (Å²) in [5.74, 6) is 1.07. The van der Waals surface area contributed by atoms with E-state index in [1.807, 2.05) is 0 Å². The van der Waals surface area contributed by atoms with Crippen LogP contribution in [-0.2, 0) is 0 Å². The first-order chi connectivity index (χ1) is 7.63. The number of pyridine rings is 1. The Morgan fingerprint density at radius 2 is 2.19 bits per heavy atom. The Morgan fingerprint density at radius 1 is 1.44 bits per heavy atom. The number of nitrogens with zero attached hydrogens (tertiary/aromatic N) is 1. The molecule has 0 aliphatic heterocycles. The minimum absolute atomic E-state index is 0.348. The molecule has 4 nitrogen and oxygen atoms in total. The first-order valence-corrected chi connectivity index (χ1v) is 5.57. The van der Waals surface area contributed by atoms with Crippen molar-refractivity contribution in [2.45, 2.75) is 26.7 Å². The average Bonchev–Trinajstić information content (AvgIpc) is 2.27. The van der Waals surface area contributed by atoms with Gasteiger partial charge in [0.2, 0.25) is 0 Å². The number of hydrogen-bond acceptors (Lipinski definition) is 4. The van der Waals surface area contributed by atoms with Gasteiger partial charge < -0.3 is 14.8 Å². The summed E-state index contributed by atoms with van der Waals surface area (Å²) in [5, 5.41) is 17.9. The molecule has 0 bridgehead atoms. The second-order valence-electron chi connectivity index (χ2n) is 4.03. The van der Waals surface area contributed by atoms with Gasteiger partial charge in [-0.2, -0.15) is 0 Å². The maximum Gasteiger partial charge on any atom is 0.490 e. The Kier molecular flexibility index (Phi) is 5.28. The van der Waals surface area contributed by atoms with Gasteiger partial charge in [0.15, 0.2) is 0 Å². The molecule has 2 N–H and O–H groups in total. The first kappa shape index (κ1) is 13.0. The molecule has 1 atom stereocenters. The molecule has 1 unspecified atom stereocenters. The molecule has 0 aliphatic rings. The Hall–Kier alpha value is -1.07. The highest BCUT2D eigenvalue weighted by Gasteiger charge is 2.12. The van der Waals surface area contributed by atoms with Crippen LogP contribution in [0.1, 0.15) is 26.7 Å². The monoisotopic (exact) mass is 223 g/mol. The molecule has 88 valence electrons. The standard InChI is InChI=1S/C11H18BNO3/c1-3-4-9(2)8-16-11-5-10(12(14)15)6-13-7-11/h5-7,9,14-15H,3-4,8H2,1-2H3. The minimum atomic E-state index is -1.50. The largest absolute Gasteiger partial charge is 0.492 e. The molecule has 5 heteroatoms. The van der Waals surface area contributed by atoms with Crippen molar-refractivity contribution in [2.24, 2.45) is 5.92 Å². The Morgan fingerprint density at radius 3 is 2.81 bits per heavy atom. The summed E-state index contributed by atoms with van der Waals surface area (Å²) in [6.07, 6.45) is 5.24. The molecule has 0 fully saturated rings. The highest BCUT2D eigenvalue weighted by Crippen LogP contribution is 2.10. The summed E-state index contributed by atoms with van der Waals surface area (Å²) in [5.41, 5.74) is 0.348. The minimum Gasteiger partial charge on any atom is -0.492 e. The van der Waals surface area contributed by atoms with Crippen LogP contribution in [0.5, 0.6) is 5.75 Å². The van der Waals surface area contributed by atoms with Gasteiger partial charge in [-0.3, -0.25) is 4.98 Å². The van der Waals surface area contributed by atoms with E-state index < -0.39 is 7.12 Å². The average molecular weight is 223 g/mol. The summed E-state index contributed by atoms with van der Waals surface area (Å²) in [6.45, 7) is 4.89. The second-order valence-corrected chi connectivity index (χ2v) is 4.03. The zero-order valence-electron chi connectivity index (χ0n) is 9.76.